The van der Waals surface area contributed by atoms with Crippen molar-refractivity contribution >= 4 is 23.8 Å². The van der Waals surface area contributed by atoms with E-state index in [0.29, 0.717) is 11.6 Å². The third kappa shape index (κ3) is 6.05. The zero-order valence-electron chi connectivity index (χ0n) is 20.8. The van der Waals surface area contributed by atoms with Crippen LogP contribution in [0.2, 0.25) is 0 Å². The highest BCUT2D eigenvalue weighted by Crippen LogP contribution is 2.35. The molecule has 0 fully saturated rings. The Hall–Kier alpha value is -3.82. The summed E-state index contributed by atoms with van der Waals surface area (Å²) < 4.78 is 37.6. The highest BCUT2D eigenvalue weighted by molar-refractivity contribution is 6.05. The fourth-order valence-electron chi connectivity index (χ4n) is 3.93. The summed E-state index contributed by atoms with van der Waals surface area (Å²) in [6.45, 7) is 6.48. The van der Waals surface area contributed by atoms with Crippen LogP contribution in [0.1, 0.15) is 38.8 Å². The standard InChI is InChI=1S/C26H29F2N3O5/c1-16(29-21(32)13-17-11-19(27)14-20(28)12-17)22-30-26(23(33)35-5,18-9-7-6-8-10-18)15-31(22)24(34)36-25(2,3)4/h6-12,14,16H,13,15H2,1-5H3,(H,29,32). The van der Waals surface area contributed by atoms with E-state index in [9.17, 15) is 23.2 Å². The first-order valence-electron chi connectivity index (χ1n) is 11.3. The van der Waals surface area contributed by atoms with Crippen LogP contribution in [0.25, 0.3) is 0 Å². The predicted octanol–water partition coefficient (Wildman–Crippen LogP) is 3.73. The van der Waals surface area contributed by atoms with Crippen molar-refractivity contribution in [2.75, 3.05) is 13.7 Å². The van der Waals surface area contributed by atoms with Crippen molar-refractivity contribution in [3.8, 4) is 0 Å². The summed E-state index contributed by atoms with van der Waals surface area (Å²) in [5.41, 5.74) is -1.77. The number of ether oxygens (including phenoxy) is 2. The number of amides is 2. The van der Waals surface area contributed by atoms with Crippen molar-refractivity contribution in [1.82, 2.24) is 10.2 Å². The first-order valence-corrected chi connectivity index (χ1v) is 11.3. The average Bonchev–Trinajstić information content (AvgIpc) is 3.20. The highest BCUT2D eigenvalue weighted by Gasteiger charge is 2.51. The Morgan fingerprint density at radius 1 is 1.11 bits per heavy atom. The SMILES string of the molecule is COC(=O)C1(c2ccccc2)CN(C(=O)OC(C)(C)C)C(C(C)NC(=O)Cc2cc(F)cc(F)c2)=N1. The Balaban J connectivity index is 1.96. The number of aliphatic imine (C=N–C) groups is 1. The van der Waals surface area contributed by atoms with Gasteiger partial charge < -0.3 is 14.8 Å². The molecule has 192 valence electrons. The molecule has 3 rings (SSSR count). The minimum atomic E-state index is -1.58. The molecule has 10 heteroatoms. The Kier molecular flexibility index (Phi) is 7.76. The molecule has 2 amide bonds. The lowest BCUT2D eigenvalue weighted by Gasteiger charge is -2.29. The van der Waals surface area contributed by atoms with Crippen LogP contribution in [0.4, 0.5) is 13.6 Å². The van der Waals surface area contributed by atoms with Gasteiger partial charge >= 0.3 is 12.1 Å². The maximum absolute atomic E-state index is 13.5. The fraction of sp³-hybridized carbons (Fsp3) is 0.385. The number of rotatable bonds is 6. The van der Waals surface area contributed by atoms with E-state index in [-0.39, 0.29) is 24.4 Å². The first-order chi connectivity index (χ1) is 16.8. The van der Waals surface area contributed by atoms with E-state index < -0.39 is 46.8 Å². The van der Waals surface area contributed by atoms with Gasteiger partial charge in [-0.2, -0.15) is 0 Å². The summed E-state index contributed by atoms with van der Waals surface area (Å²) >= 11 is 0. The molecular formula is C26H29F2N3O5. The van der Waals surface area contributed by atoms with Crippen LogP contribution >= 0.6 is 0 Å². The molecule has 0 spiro atoms. The zero-order valence-corrected chi connectivity index (χ0v) is 20.8. The molecule has 2 aromatic carbocycles. The maximum atomic E-state index is 13.5. The molecule has 0 saturated heterocycles. The second-order valence-corrected chi connectivity index (χ2v) is 9.50. The van der Waals surface area contributed by atoms with Gasteiger partial charge in [0, 0.05) is 6.07 Å². The zero-order chi connectivity index (χ0) is 26.7. The van der Waals surface area contributed by atoms with E-state index >= 15 is 0 Å². The molecule has 0 aromatic heterocycles. The van der Waals surface area contributed by atoms with Gasteiger partial charge in [0.2, 0.25) is 11.4 Å². The number of nitrogens with one attached hydrogen (secondary N) is 1. The number of methoxy groups -OCH3 is 1. The Morgan fingerprint density at radius 2 is 1.72 bits per heavy atom. The van der Waals surface area contributed by atoms with Gasteiger partial charge in [-0.3, -0.25) is 9.69 Å². The average molecular weight is 502 g/mol. The first kappa shape index (κ1) is 26.8. The minimum Gasteiger partial charge on any atom is -0.467 e. The maximum Gasteiger partial charge on any atom is 0.415 e. The molecule has 36 heavy (non-hydrogen) atoms. The van der Waals surface area contributed by atoms with Crippen molar-refractivity contribution in [2.45, 2.75) is 51.3 Å². The monoisotopic (exact) mass is 501 g/mol. The lowest BCUT2D eigenvalue weighted by atomic mass is 9.91. The summed E-state index contributed by atoms with van der Waals surface area (Å²) in [5.74, 6) is -2.77. The van der Waals surface area contributed by atoms with Crippen molar-refractivity contribution in [1.29, 1.82) is 0 Å². The summed E-state index contributed by atoms with van der Waals surface area (Å²) in [5, 5.41) is 2.69. The third-order valence-electron chi connectivity index (χ3n) is 5.41. The number of amidine groups is 1. The van der Waals surface area contributed by atoms with Crippen LogP contribution in [0.3, 0.4) is 0 Å². The third-order valence-corrected chi connectivity index (χ3v) is 5.41. The number of benzene rings is 2. The van der Waals surface area contributed by atoms with Crippen LogP contribution < -0.4 is 5.32 Å². The van der Waals surface area contributed by atoms with Gasteiger partial charge in [0.1, 0.15) is 23.1 Å². The van der Waals surface area contributed by atoms with Gasteiger partial charge in [0.05, 0.1) is 26.1 Å². The second-order valence-electron chi connectivity index (χ2n) is 9.50. The molecule has 8 nitrogen and oxygen atoms in total. The van der Waals surface area contributed by atoms with Gasteiger partial charge in [0.15, 0.2) is 0 Å². The minimum absolute atomic E-state index is 0.0808. The number of esters is 1. The van der Waals surface area contributed by atoms with Crippen molar-refractivity contribution in [3.05, 3.63) is 71.3 Å². The van der Waals surface area contributed by atoms with Crippen LogP contribution in [0.15, 0.2) is 53.5 Å². The normalized spacial score (nSPS) is 18.3. The highest BCUT2D eigenvalue weighted by atomic mass is 19.1. The smallest absolute Gasteiger partial charge is 0.415 e. The molecule has 2 atom stereocenters. The number of carbonyl (C=O) groups is 3. The molecule has 0 radical (unpaired) electrons. The van der Waals surface area contributed by atoms with Crippen LogP contribution in [-0.2, 0) is 31.0 Å². The van der Waals surface area contributed by atoms with Crippen LogP contribution in [0.5, 0.6) is 0 Å². The second kappa shape index (κ2) is 10.4. The van der Waals surface area contributed by atoms with E-state index in [1.54, 1.807) is 58.0 Å². The van der Waals surface area contributed by atoms with E-state index in [2.05, 4.69) is 10.3 Å². The molecule has 1 aliphatic heterocycles. The molecule has 0 bridgehead atoms. The van der Waals surface area contributed by atoms with Crippen LogP contribution in [0, 0.1) is 11.6 Å². The number of carbonyl (C=O) groups excluding carboxylic acids is 3. The predicted molar refractivity (Wildman–Crippen MR) is 128 cm³/mol. The van der Waals surface area contributed by atoms with Gasteiger partial charge in [-0.05, 0) is 51.0 Å². The fourth-order valence-corrected chi connectivity index (χ4v) is 3.93. The molecule has 1 heterocycles. The molecule has 1 aliphatic rings. The van der Waals surface area contributed by atoms with Gasteiger partial charge in [-0.15, -0.1) is 0 Å². The number of halogens is 2. The number of hydrogen-bond donors (Lipinski definition) is 1. The van der Waals surface area contributed by atoms with Gasteiger partial charge in [-0.25, -0.2) is 23.4 Å². The van der Waals surface area contributed by atoms with E-state index in [1.165, 1.54) is 12.0 Å². The van der Waals surface area contributed by atoms with E-state index in [4.69, 9.17) is 9.47 Å². The van der Waals surface area contributed by atoms with E-state index in [0.717, 1.165) is 12.1 Å². The summed E-state index contributed by atoms with van der Waals surface area (Å²) in [7, 11) is 1.22. The molecule has 1 N–H and O–H groups in total. The molecule has 0 aliphatic carbocycles. The van der Waals surface area contributed by atoms with Crippen LogP contribution in [-0.4, -0.2) is 54.0 Å². The molecule has 2 unspecified atom stereocenters. The largest absolute Gasteiger partial charge is 0.467 e. The Morgan fingerprint density at radius 3 is 2.28 bits per heavy atom. The molecule has 2 aromatic rings. The van der Waals surface area contributed by atoms with Gasteiger partial charge in [-0.1, -0.05) is 30.3 Å². The van der Waals surface area contributed by atoms with Crippen molar-refractivity contribution in [2.24, 2.45) is 4.99 Å². The lowest BCUT2D eigenvalue weighted by Crippen LogP contribution is -2.50. The van der Waals surface area contributed by atoms with E-state index in [1.807, 2.05) is 0 Å². The topological polar surface area (TPSA) is 97.3 Å². The number of nitrogens with zero attached hydrogens (tertiary/aromatic N) is 2. The lowest BCUT2D eigenvalue weighted by molar-refractivity contribution is -0.147. The summed E-state index contributed by atoms with van der Waals surface area (Å²) in [6.07, 6.45) is -1.06. The van der Waals surface area contributed by atoms with Crippen molar-refractivity contribution < 1.29 is 32.6 Å². The Bertz CT molecular complexity index is 1160. The molecular weight excluding hydrogens is 472 g/mol. The quantitative estimate of drug-likeness (QED) is 0.609. The summed E-state index contributed by atoms with van der Waals surface area (Å²) in [6, 6.07) is 10.6. The van der Waals surface area contributed by atoms with Crippen molar-refractivity contribution in [3.63, 3.8) is 0 Å². The Labute approximate surface area is 208 Å². The van der Waals surface area contributed by atoms with Gasteiger partial charge in [0.25, 0.3) is 0 Å². The molecule has 0 saturated carbocycles. The summed E-state index contributed by atoms with van der Waals surface area (Å²) in [4.78, 5) is 44.7. The number of hydrogen-bond acceptors (Lipinski definition) is 6.